The van der Waals surface area contributed by atoms with Gasteiger partial charge in [0.25, 0.3) is 0 Å². The number of carboxylic acid groups (broad SMARTS) is 3. The number of hydrogen-bond donors (Lipinski definition) is 6. The number of carbonyl (C=O) groups excluding carboxylic acids is 2. The highest BCUT2D eigenvalue weighted by molar-refractivity contribution is 5.86. The van der Waals surface area contributed by atoms with Gasteiger partial charge in [0, 0.05) is 12.8 Å². The Bertz CT molecular complexity index is 678. The third-order valence-electron chi connectivity index (χ3n) is 5.76. The number of aliphatic carboxylic acids is 3. The normalized spacial score (nSPS) is 13.1. The van der Waals surface area contributed by atoms with Crippen LogP contribution in [0.1, 0.15) is 103 Å². The summed E-state index contributed by atoms with van der Waals surface area (Å²) < 4.78 is 0. The maximum absolute atomic E-state index is 12.1. The Morgan fingerprint density at radius 2 is 1.06 bits per heavy atom. The molecule has 2 amide bonds. The maximum Gasteiger partial charge on any atom is 0.326 e. The molecule has 0 spiro atoms. The minimum atomic E-state index is -1.29. The van der Waals surface area contributed by atoms with Gasteiger partial charge in [0.15, 0.2) is 0 Å². The van der Waals surface area contributed by atoms with Crippen molar-refractivity contribution >= 4 is 42.1 Å². The van der Waals surface area contributed by atoms with E-state index in [9.17, 15) is 34.2 Å². The first kappa shape index (κ1) is 35.8. The van der Waals surface area contributed by atoms with Gasteiger partial charge in [-0.3, -0.25) is 14.4 Å². The summed E-state index contributed by atoms with van der Waals surface area (Å²) in [6.45, 7) is 2.18. The molecule has 36 heavy (non-hydrogen) atoms. The molecule has 0 saturated carbocycles. The number of nitrogens with one attached hydrogen (secondary N) is 2. The molecular formula is C24H44ClN3O8. The molecule has 0 aliphatic rings. The summed E-state index contributed by atoms with van der Waals surface area (Å²) in [5, 5.41) is 32.1. The van der Waals surface area contributed by atoms with E-state index in [1.54, 1.807) is 0 Å². The molecule has 0 fully saturated rings. The van der Waals surface area contributed by atoms with Crippen LogP contribution in [0.4, 0.5) is 0 Å². The van der Waals surface area contributed by atoms with E-state index in [1.165, 1.54) is 32.1 Å². The van der Waals surface area contributed by atoms with Crippen LogP contribution in [0, 0.1) is 0 Å². The number of carboxylic acids is 3. The van der Waals surface area contributed by atoms with Gasteiger partial charge in [-0.2, -0.15) is 0 Å². The monoisotopic (exact) mass is 537 g/mol. The molecule has 0 aliphatic carbocycles. The number of amides is 2. The second-order valence-corrected chi connectivity index (χ2v) is 8.91. The minimum Gasteiger partial charge on any atom is -0.480 e. The van der Waals surface area contributed by atoms with E-state index in [4.69, 9.17) is 10.8 Å². The van der Waals surface area contributed by atoms with Crippen LogP contribution in [-0.2, 0) is 24.0 Å². The fourth-order valence-electron chi connectivity index (χ4n) is 3.58. The van der Waals surface area contributed by atoms with Gasteiger partial charge >= 0.3 is 17.9 Å². The molecule has 3 atom stereocenters. The highest BCUT2D eigenvalue weighted by Gasteiger charge is 2.24. The Morgan fingerprint density at radius 1 is 0.611 bits per heavy atom. The lowest BCUT2D eigenvalue weighted by Gasteiger charge is -2.17. The molecule has 2 unspecified atom stereocenters. The van der Waals surface area contributed by atoms with Gasteiger partial charge < -0.3 is 31.7 Å². The van der Waals surface area contributed by atoms with Crippen LogP contribution >= 0.6 is 12.4 Å². The van der Waals surface area contributed by atoms with E-state index in [2.05, 4.69) is 17.6 Å². The fraction of sp³-hybridized carbons (Fsp3) is 0.792. The van der Waals surface area contributed by atoms with Gasteiger partial charge in [0.05, 0.1) is 0 Å². The zero-order valence-electron chi connectivity index (χ0n) is 21.2. The molecule has 0 aliphatic heterocycles. The van der Waals surface area contributed by atoms with Crippen molar-refractivity contribution in [2.75, 3.05) is 0 Å². The molecule has 0 heterocycles. The van der Waals surface area contributed by atoms with Crippen LogP contribution in [0.15, 0.2) is 0 Å². The minimum absolute atomic E-state index is 0. The first-order valence-corrected chi connectivity index (χ1v) is 12.6. The summed E-state index contributed by atoms with van der Waals surface area (Å²) in [6, 6.07) is -3.60. The van der Waals surface area contributed by atoms with E-state index in [1.807, 2.05) is 0 Å². The largest absolute Gasteiger partial charge is 0.480 e. The number of unbranched alkanes of at least 4 members (excludes halogenated alkanes) is 8. The molecule has 0 radical (unpaired) electrons. The predicted molar refractivity (Wildman–Crippen MR) is 137 cm³/mol. The van der Waals surface area contributed by atoms with Crippen molar-refractivity contribution < 1.29 is 39.3 Å². The Morgan fingerprint density at radius 3 is 1.53 bits per heavy atom. The SMILES string of the molecule is CCCCCCCCCCCC(=O)N[C@H](CCC(=O)NC(CCCC(N)C(=O)O)C(=O)O)C(=O)O.Cl. The lowest BCUT2D eigenvalue weighted by molar-refractivity contribution is -0.143. The molecule has 11 nitrogen and oxygen atoms in total. The maximum atomic E-state index is 12.1. The highest BCUT2D eigenvalue weighted by Crippen LogP contribution is 2.11. The standard InChI is InChI=1S/C24H43N3O8.ClH/c1-2-3-4-5-6-7-8-9-10-14-20(28)27-19(24(34)35)15-16-21(29)26-18(23(32)33)13-11-12-17(25)22(30)31;/h17-19H,2-16,25H2,1H3,(H,26,29)(H,27,28)(H,30,31)(H,32,33)(H,34,35);1H/t17?,18?,19-;/m1./s1. The van der Waals surface area contributed by atoms with Crippen molar-refractivity contribution in [3.8, 4) is 0 Å². The van der Waals surface area contributed by atoms with Crippen LogP contribution < -0.4 is 16.4 Å². The third kappa shape index (κ3) is 18.9. The zero-order valence-corrected chi connectivity index (χ0v) is 22.0. The zero-order chi connectivity index (χ0) is 26.6. The van der Waals surface area contributed by atoms with Crippen molar-refractivity contribution in [1.29, 1.82) is 0 Å². The second-order valence-electron chi connectivity index (χ2n) is 8.91. The average Bonchev–Trinajstić information content (AvgIpc) is 2.79. The van der Waals surface area contributed by atoms with Gasteiger partial charge in [0.1, 0.15) is 18.1 Å². The summed E-state index contributed by atoms with van der Waals surface area (Å²) in [7, 11) is 0. The van der Waals surface area contributed by atoms with Gasteiger partial charge in [-0.25, -0.2) is 9.59 Å². The lowest BCUT2D eigenvalue weighted by Crippen LogP contribution is -2.44. The van der Waals surface area contributed by atoms with E-state index in [-0.39, 0.29) is 56.8 Å². The topological polar surface area (TPSA) is 196 Å². The molecule has 0 rings (SSSR count). The summed E-state index contributed by atoms with van der Waals surface area (Å²) in [5.74, 6) is -4.80. The first-order chi connectivity index (χ1) is 16.6. The van der Waals surface area contributed by atoms with Crippen molar-refractivity contribution in [2.45, 2.75) is 121 Å². The quantitative estimate of drug-likeness (QED) is 0.112. The third-order valence-corrected chi connectivity index (χ3v) is 5.76. The summed E-state index contributed by atoms with van der Waals surface area (Å²) in [4.78, 5) is 57.8. The number of carbonyl (C=O) groups is 5. The Labute approximate surface area is 219 Å². The number of halogens is 1. The number of nitrogens with two attached hydrogens (primary N) is 1. The van der Waals surface area contributed by atoms with Gasteiger partial charge in [0.2, 0.25) is 11.8 Å². The molecular weight excluding hydrogens is 494 g/mol. The van der Waals surface area contributed by atoms with Crippen LogP contribution in [0.25, 0.3) is 0 Å². The van der Waals surface area contributed by atoms with Crippen molar-refractivity contribution in [2.24, 2.45) is 5.73 Å². The summed E-state index contributed by atoms with van der Waals surface area (Å²) >= 11 is 0. The molecule has 0 bridgehead atoms. The highest BCUT2D eigenvalue weighted by atomic mass is 35.5. The molecule has 210 valence electrons. The van der Waals surface area contributed by atoms with Gasteiger partial charge in [-0.05, 0) is 32.1 Å². The molecule has 0 aromatic heterocycles. The van der Waals surface area contributed by atoms with Crippen molar-refractivity contribution in [3.63, 3.8) is 0 Å². The molecule has 7 N–H and O–H groups in total. The van der Waals surface area contributed by atoms with E-state index >= 15 is 0 Å². The number of hydrogen-bond acceptors (Lipinski definition) is 6. The van der Waals surface area contributed by atoms with Crippen molar-refractivity contribution in [3.05, 3.63) is 0 Å². The Balaban J connectivity index is 0. The van der Waals surface area contributed by atoms with Crippen molar-refractivity contribution in [1.82, 2.24) is 10.6 Å². The summed E-state index contributed by atoms with van der Waals surface area (Å²) in [6.07, 6.45) is 9.85. The van der Waals surface area contributed by atoms with E-state index < -0.39 is 41.9 Å². The molecule has 0 aromatic carbocycles. The Hall–Kier alpha value is -2.40. The first-order valence-electron chi connectivity index (χ1n) is 12.6. The van der Waals surface area contributed by atoms with E-state index in [0.29, 0.717) is 6.42 Å². The molecule has 12 heteroatoms. The van der Waals surface area contributed by atoms with Crippen LogP contribution in [0.3, 0.4) is 0 Å². The van der Waals surface area contributed by atoms with E-state index in [0.717, 1.165) is 19.3 Å². The smallest absolute Gasteiger partial charge is 0.326 e. The van der Waals surface area contributed by atoms with Crippen LogP contribution in [-0.4, -0.2) is 63.2 Å². The van der Waals surface area contributed by atoms with Gasteiger partial charge in [-0.15, -0.1) is 12.4 Å². The van der Waals surface area contributed by atoms with Crippen LogP contribution in [0.2, 0.25) is 0 Å². The van der Waals surface area contributed by atoms with Gasteiger partial charge in [-0.1, -0.05) is 58.3 Å². The average molecular weight is 538 g/mol. The number of rotatable bonds is 22. The molecule has 0 aromatic rings. The lowest BCUT2D eigenvalue weighted by atomic mass is 10.0. The predicted octanol–water partition coefficient (Wildman–Crippen LogP) is 2.83. The fourth-order valence-corrected chi connectivity index (χ4v) is 3.58. The Kier molecular flexibility index (Phi) is 21.7. The van der Waals surface area contributed by atoms with Crippen LogP contribution in [0.5, 0.6) is 0 Å². The molecule has 0 saturated heterocycles. The second kappa shape index (κ2) is 21.8. The summed E-state index contributed by atoms with van der Waals surface area (Å²) in [5.41, 5.74) is 5.38.